The first kappa shape index (κ1) is 17.0. The van der Waals surface area contributed by atoms with E-state index in [2.05, 4.69) is 10.1 Å². The molecule has 0 amide bonds. The molecule has 1 rings (SSSR count). The van der Waals surface area contributed by atoms with Crippen LogP contribution in [-0.2, 0) is 4.74 Å². The number of nitrogens with one attached hydrogen (secondary N) is 1. The van der Waals surface area contributed by atoms with E-state index in [1.165, 1.54) is 0 Å². The van der Waals surface area contributed by atoms with Gasteiger partial charge in [-0.1, -0.05) is 44.2 Å². The summed E-state index contributed by atoms with van der Waals surface area (Å²) in [5.41, 5.74) is 1.15. The summed E-state index contributed by atoms with van der Waals surface area (Å²) in [6, 6.07) is 10.1. The van der Waals surface area contributed by atoms with Crippen molar-refractivity contribution in [2.45, 2.75) is 32.5 Å². The molecule has 2 nitrogen and oxygen atoms in total. The maximum absolute atomic E-state index is 12.0. The molecule has 2 atom stereocenters. The van der Waals surface area contributed by atoms with Gasteiger partial charge in [0, 0.05) is 12.6 Å². The van der Waals surface area contributed by atoms with Crippen LogP contribution in [0.15, 0.2) is 30.3 Å². The van der Waals surface area contributed by atoms with Gasteiger partial charge in [0.1, 0.15) is 6.61 Å². The highest BCUT2D eigenvalue weighted by Gasteiger charge is 2.27. The molecule has 20 heavy (non-hydrogen) atoms. The minimum Gasteiger partial charge on any atom is -0.372 e. The monoisotopic (exact) mass is 289 g/mol. The van der Waals surface area contributed by atoms with E-state index < -0.39 is 12.8 Å². The van der Waals surface area contributed by atoms with Gasteiger partial charge in [-0.25, -0.2) is 0 Å². The van der Waals surface area contributed by atoms with Gasteiger partial charge in [-0.15, -0.1) is 0 Å². The Morgan fingerprint density at radius 3 is 2.40 bits per heavy atom. The molecule has 0 saturated heterocycles. The van der Waals surface area contributed by atoms with Crippen molar-refractivity contribution in [1.82, 2.24) is 5.32 Å². The number of benzene rings is 1. The van der Waals surface area contributed by atoms with Crippen LogP contribution in [0.2, 0.25) is 0 Å². The molecule has 0 spiro atoms. The van der Waals surface area contributed by atoms with Gasteiger partial charge in [0.2, 0.25) is 0 Å². The van der Waals surface area contributed by atoms with Crippen LogP contribution in [0.25, 0.3) is 0 Å². The van der Waals surface area contributed by atoms with E-state index in [1.807, 2.05) is 44.2 Å². The Bertz CT molecular complexity index is 367. The molecular formula is C15H22F3NO. The van der Waals surface area contributed by atoms with Crippen LogP contribution in [0.1, 0.15) is 31.9 Å². The molecule has 1 N–H and O–H groups in total. The summed E-state index contributed by atoms with van der Waals surface area (Å²) in [7, 11) is 0. The number of hydrogen-bond acceptors (Lipinski definition) is 2. The smallest absolute Gasteiger partial charge is 0.372 e. The van der Waals surface area contributed by atoms with E-state index in [-0.39, 0.29) is 18.6 Å². The van der Waals surface area contributed by atoms with E-state index in [4.69, 9.17) is 0 Å². The lowest BCUT2D eigenvalue weighted by Gasteiger charge is -2.25. The van der Waals surface area contributed by atoms with E-state index in [1.54, 1.807) is 0 Å². The average Bonchev–Trinajstić information content (AvgIpc) is 2.40. The summed E-state index contributed by atoms with van der Waals surface area (Å²) in [5.74, 6) is 0.200. The van der Waals surface area contributed by atoms with E-state index in [9.17, 15) is 13.2 Å². The van der Waals surface area contributed by atoms with Crippen molar-refractivity contribution >= 4 is 0 Å². The fraction of sp³-hybridized carbons (Fsp3) is 0.600. The van der Waals surface area contributed by atoms with Crippen molar-refractivity contribution in [2.24, 2.45) is 5.92 Å². The highest BCUT2D eigenvalue weighted by Crippen LogP contribution is 2.24. The summed E-state index contributed by atoms with van der Waals surface area (Å²) < 4.78 is 40.6. The van der Waals surface area contributed by atoms with E-state index in [0.29, 0.717) is 6.42 Å². The lowest BCUT2D eigenvalue weighted by atomic mass is 9.92. The summed E-state index contributed by atoms with van der Waals surface area (Å²) in [6.07, 6.45) is -3.66. The van der Waals surface area contributed by atoms with Crippen LogP contribution in [0.5, 0.6) is 0 Å². The van der Waals surface area contributed by atoms with Crippen molar-refractivity contribution in [3.63, 3.8) is 0 Å². The van der Waals surface area contributed by atoms with Crippen molar-refractivity contribution in [1.29, 1.82) is 0 Å². The zero-order valence-corrected chi connectivity index (χ0v) is 11.9. The van der Waals surface area contributed by atoms with Crippen molar-refractivity contribution < 1.29 is 17.9 Å². The predicted molar refractivity (Wildman–Crippen MR) is 73.5 cm³/mol. The zero-order valence-electron chi connectivity index (χ0n) is 11.9. The van der Waals surface area contributed by atoms with Crippen molar-refractivity contribution in [2.75, 3.05) is 19.8 Å². The van der Waals surface area contributed by atoms with Gasteiger partial charge in [0.05, 0.1) is 0 Å². The second kappa shape index (κ2) is 8.27. The number of rotatable bonds is 8. The number of alkyl halides is 3. The van der Waals surface area contributed by atoms with Gasteiger partial charge in [0.25, 0.3) is 0 Å². The predicted octanol–water partition coefficient (Wildman–Crippen LogP) is 3.94. The molecule has 1 aromatic rings. The standard InChI is InChI=1S/C15H22F3NO/c1-3-19-14(13-7-5-4-6-8-13)12(2)9-10-20-11-15(16,17)18/h4-8,12,14,19H,3,9-11H2,1-2H3. The Hall–Kier alpha value is -1.07. The molecule has 5 heteroatoms. The average molecular weight is 289 g/mol. The fourth-order valence-corrected chi connectivity index (χ4v) is 2.15. The van der Waals surface area contributed by atoms with Crippen molar-refractivity contribution in [3.8, 4) is 0 Å². The number of halogens is 3. The second-order valence-electron chi connectivity index (χ2n) is 4.88. The quantitative estimate of drug-likeness (QED) is 0.732. The normalized spacial score (nSPS) is 15.1. The molecule has 1 aromatic carbocycles. The van der Waals surface area contributed by atoms with Gasteiger partial charge in [-0.05, 0) is 24.4 Å². The Kier molecular flexibility index (Phi) is 7.02. The molecule has 0 aliphatic heterocycles. The first-order valence-electron chi connectivity index (χ1n) is 6.87. The van der Waals surface area contributed by atoms with Crippen LogP contribution >= 0.6 is 0 Å². The third kappa shape index (κ3) is 6.39. The third-order valence-corrected chi connectivity index (χ3v) is 3.14. The first-order chi connectivity index (χ1) is 9.44. The maximum Gasteiger partial charge on any atom is 0.411 e. The van der Waals surface area contributed by atoms with Gasteiger partial charge in [-0.3, -0.25) is 0 Å². The lowest BCUT2D eigenvalue weighted by Crippen LogP contribution is -2.28. The number of hydrogen-bond donors (Lipinski definition) is 1. The van der Waals surface area contributed by atoms with E-state index in [0.717, 1.165) is 12.1 Å². The van der Waals surface area contributed by atoms with Gasteiger partial charge >= 0.3 is 6.18 Å². The van der Waals surface area contributed by atoms with E-state index >= 15 is 0 Å². The minimum atomic E-state index is -4.25. The van der Waals surface area contributed by atoms with Crippen LogP contribution < -0.4 is 5.32 Å². The molecule has 0 aliphatic carbocycles. The Balaban J connectivity index is 2.47. The molecular weight excluding hydrogens is 267 g/mol. The molecule has 0 heterocycles. The molecule has 0 aliphatic rings. The second-order valence-corrected chi connectivity index (χ2v) is 4.88. The summed E-state index contributed by atoms with van der Waals surface area (Å²) in [4.78, 5) is 0. The Labute approximate surface area is 118 Å². The largest absolute Gasteiger partial charge is 0.411 e. The van der Waals surface area contributed by atoms with Gasteiger partial charge < -0.3 is 10.1 Å². The topological polar surface area (TPSA) is 21.3 Å². The van der Waals surface area contributed by atoms with Crippen LogP contribution in [0.4, 0.5) is 13.2 Å². The Morgan fingerprint density at radius 1 is 1.20 bits per heavy atom. The van der Waals surface area contributed by atoms with Crippen molar-refractivity contribution in [3.05, 3.63) is 35.9 Å². The van der Waals surface area contributed by atoms with Gasteiger partial charge in [0.15, 0.2) is 0 Å². The molecule has 114 valence electrons. The SMILES string of the molecule is CCNC(c1ccccc1)C(C)CCOCC(F)(F)F. The summed E-state index contributed by atoms with van der Waals surface area (Å²) >= 11 is 0. The number of ether oxygens (including phenoxy) is 1. The molecule has 2 unspecified atom stereocenters. The zero-order chi connectivity index (χ0) is 15.0. The van der Waals surface area contributed by atoms with Crippen LogP contribution in [0, 0.1) is 5.92 Å². The summed E-state index contributed by atoms with van der Waals surface area (Å²) in [5, 5.41) is 3.38. The fourth-order valence-electron chi connectivity index (χ4n) is 2.15. The van der Waals surface area contributed by atoms with Crippen LogP contribution in [0.3, 0.4) is 0 Å². The first-order valence-corrected chi connectivity index (χ1v) is 6.87. The lowest BCUT2D eigenvalue weighted by molar-refractivity contribution is -0.174. The molecule has 0 aromatic heterocycles. The molecule has 0 saturated carbocycles. The van der Waals surface area contributed by atoms with Gasteiger partial charge in [-0.2, -0.15) is 13.2 Å². The molecule has 0 bridgehead atoms. The summed E-state index contributed by atoms with van der Waals surface area (Å²) in [6.45, 7) is 3.81. The molecule has 0 radical (unpaired) electrons. The Morgan fingerprint density at radius 2 is 1.85 bits per heavy atom. The highest BCUT2D eigenvalue weighted by molar-refractivity contribution is 5.19. The van der Waals surface area contributed by atoms with Crippen LogP contribution in [-0.4, -0.2) is 25.9 Å². The minimum absolute atomic E-state index is 0.120. The molecule has 0 fully saturated rings. The maximum atomic E-state index is 12.0. The third-order valence-electron chi connectivity index (χ3n) is 3.14. The highest BCUT2D eigenvalue weighted by atomic mass is 19.4.